The van der Waals surface area contributed by atoms with Gasteiger partial charge in [0.1, 0.15) is 0 Å². The molecule has 0 atom stereocenters. The van der Waals surface area contributed by atoms with Gasteiger partial charge in [0.05, 0.1) is 0 Å². The maximum absolute atomic E-state index is 9.05. The van der Waals surface area contributed by atoms with Crippen LogP contribution in [0.5, 0.6) is 0 Å². The predicted molar refractivity (Wildman–Crippen MR) is 137 cm³/mol. The third-order valence-electron chi connectivity index (χ3n) is 5.21. The van der Waals surface area contributed by atoms with Crippen molar-refractivity contribution in [2.75, 3.05) is 0 Å². The Morgan fingerprint density at radius 3 is 2.08 bits per heavy atom. The second-order valence-corrected chi connectivity index (χ2v) is 7.70. The van der Waals surface area contributed by atoms with Crippen LogP contribution in [0, 0.1) is 41.7 Å². The van der Waals surface area contributed by atoms with Crippen LogP contribution < -0.4 is 0 Å². The number of aryl methyl sites for hydroxylation is 1. The zero-order valence-electron chi connectivity index (χ0n) is 19.4. The van der Waals surface area contributed by atoms with Crippen LogP contribution in [-0.4, -0.2) is 9.97 Å². The molecule has 2 aromatic heterocycles. The zero-order valence-corrected chi connectivity index (χ0v) is 21.8. The van der Waals surface area contributed by atoms with Crippen molar-refractivity contribution in [1.82, 2.24) is 9.97 Å². The number of nitrogens with zero attached hydrogens (tertiary/aromatic N) is 4. The average molecular weight is 641 g/mol. The number of benzene rings is 3. The Labute approximate surface area is 224 Å². The van der Waals surface area contributed by atoms with E-state index in [9.17, 15) is 0 Å². The Morgan fingerprint density at radius 2 is 1.47 bits per heavy atom. The number of rotatable bonds is 3. The number of hydrogen-bond acceptors (Lipinski definition) is 4. The number of pyridine rings is 2. The molecule has 5 heteroatoms. The molecule has 0 aliphatic heterocycles. The summed E-state index contributed by atoms with van der Waals surface area (Å²) < 4.78 is 0. The van der Waals surface area contributed by atoms with E-state index in [1.54, 1.807) is 18.3 Å². The molecule has 0 saturated heterocycles. The van der Waals surface area contributed by atoms with Crippen LogP contribution in [0.3, 0.4) is 0 Å². The first-order chi connectivity index (χ1) is 17.2. The average Bonchev–Trinajstić information content (AvgIpc) is 2.94. The van der Waals surface area contributed by atoms with Crippen molar-refractivity contribution >= 4 is 0 Å². The number of aromatic nitrogens is 2. The Balaban J connectivity index is 0.000000196. The quantitative estimate of drug-likeness (QED) is 0.203. The summed E-state index contributed by atoms with van der Waals surface area (Å²) >= 11 is 0. The maximum Gasteiger partial charge on any atom is 0.0477 e. The predicted octanol–water partition coefficient (Wildman–Crippen LogP) is 6.81. The van der Waals surface area contributed by atoms with Gasteiger partial charge in [0.25, 0.3) is 0 Å². The van der Waals surface area contributed by atoms with Crippen molar-refractivity contribution in [2.45, 2.75) is 6.92 Å². The molecule has 0 bridgehead atoms. The summed E-state index contributed by atoms with van der Waals surface area (Å²) in [5.74, 6) is 0. The summed E-state index contributed by atoms with van der Waals surface area (Å²) in [5, 5.41) is 17.8. The second kappa shape index (κ2) is 12.9. The van der Waals surface area contributed by atoms with E-state index in [1.165, 1.54) is 5.56 Å². The van der Waals surface area contributed by atoms with Gasteiger partial charge < -0.3 is 9.97 Å². The molecule has 0 unspecified atom stereocenters. The number of nitriles is 2. The van der Waals surface area contributed by atoms with Gasteiger partial charge in [0.2, 0.25) is 0 Å². The van der Waals surface area contributed by atoms with E-state index in [0.717, 1.165) is 22.4 Å². The van der Waals surface area contributed by atoms with Crippen LogP contribution >= 0.6 is 0 Å². The summed E-state index contributed by atoms with van der Waals surface area (Å²) in [5.41, 5.74) is 7.53. The molecule has 0 aliphatic carbocycles. The van der Waals surface area contributed by atoms with Crippen LogP contribution in [0.1, 0.15) is 16.7 Å². The summed E-state index contributed by atoms with van der Waals surface area (Å²) in [4.78, 5) is 8.74. The molecule has 1 radical (unpaired) electrons. The fraction of sp³-hybridized carbons (Fsp3) is 0.0323. The van der Waals surface area contributed by atoms with Crippen LogP contribution in [0.25, 0.3) is 33.6 Å². The van der Waals surface area contributed by atoms with Gasteiger partial charge >= 0.3 is 0 Å². The van der Waals surface area contributed by atoms with Gasteiger partial charge in [-0.25, -0.2) is 10.5 Å². The monoisotopic (exact) mass is 641 g/mol. The van der Waals surface area contributed by atoms with E-state index in [4.69, 9.17) is 10.5 Å². The van der Waals surface area contributed by atoms with Gasteiger partial charge in [-0.1, -0.05) is 54.6 Å². The van der Waals surface area contributed by atoms with Crippen molar-refractivity contribution in [3.8, 4) is 45.8 Å². The van der Waals surface area contributed by atoms with Crippen LogP contribution in [0.4, 0.5) is 0 Å². The van der Waals surface area contributed by atoms with Crippen molar-refractivity contribution in [3.63, 3.8) is 0 Å². The molecular formula is C31H20IrN4-2. The summed E-state index contributed by atoms with van der Waals surface area (Å²) in [7, 11) is 0. The van der Waals surface area contributed by atoms with Gasteiger partial charge in [-0.3, -0.25) is 0 Å². The minimum absolute atomic E-state index is 0. The second-order valence-electron chi connectivity index (χ2n) is 7.70. The van der Waals surface area contributed by atoms with Gasteiger partial charge in [-0.05, 0) is 46.1 Å². The van der Waals surface area contributed by atoms with Crippen molar-refractivity contribution < 1.29 is 20.1 Å². The molecule has 2 heterocycles. The van der Waals surface area contributed by atoms with Gasteiger partial charge in [0.15, 0.2) is 0 Å². The third kappa shape index (κ3) is 6.59. The smallest absolute Gasteiger partial charge is 0.0477 e. The van der Waals surface area contributed by atoms with Crippen LogP contribution in [0.15, 0.2) is 103 Å². The molecular weight excluding hydrogens is 621 g/mol. The Morgan fingerprint density at radius 1 is 0.722 bits per heavy atom. The van der Waals surface area contributed by atoms with Crippen molar-refractivity contribution in [1.29, 1.82) is 10.5 Å². The molecule has 0 N–H and O–H groups in total. The summed E-state index contributed by atoms with van der Waals surface area (Å²) in [6.45, 7) is 1.95. The van der Waals surface area contributed by atoms with Gasteiger partial charge in [-0.2, -0.15) is 0 Å². The minimum Gasteiger partial charge on any atom is -0.304 e. The number of hydrogen-bond donors (Lipinski definition) is 0. The third-order valence-corrected chi connectivity index (χ3v) is 5.21. The van der Waals surface area contributed by atoms with E-state index in [2.05, 4.69) is 46.4 Å². The van der Waals surface area contributed by atoms with E-state index < -0.39 is 0 Å². The first-order valence-corrected chi connectivity index (χ1v) is 11.0. The van der Waals surface area contributed by atoms with E-state index in [1.807, 2.05) is 79.9 Å². The zero-order chi connectivity index (χ0) is 24.5. The molecule has 0 fully saturated rings. The Kier molecular flexibility index (Phi) is 9.38. The maximum atomic E-state index is 9.05. The largest absolute Gasteiger partial charge is 0.304 e. The first-order valence-electron chi connectivity index (χ1n) is 11.0. The molecule has 175 valence electrons. The Hall–Kier alpha value is -4.41. The molecule has 5 rings (SSSR count). The van der Waals surface area contributed by atoms with Gasteiger partial charge in [-0.15, -0.1) is 59.7 Å². The molecule has 36 heavy (non-hydrogen) atoms. The molecule has 5 aromatic rings. The minimum atomic E-state index is 0. The molecule has 0 aliphatic rings. The fourth-order valence-electron chi connectivity index (χ4n) is 3.38. The van der Waals surface area contributed by atoms with Crippen molar-refractivity contribution in [3.05, 3.63) is 132 Å². The molecule has 0 saturated carbocycles. The Bertz CT molecular complexity index is 1430. The van der Waals surface area contributed by atoms with E-state index in [0.29, 0.717) is 22.4 Å². The molecule has 3 aromatic carbocycles. The van der Waals surface area contributed by atoms with E-state index >= 15 is 0 Å². The molecule has 0 amide bonds. The van der Waals surface area contributed by atoms with E-state index in [-0.39, 0.29) is 20.1 Å². The SMILES string of the molecule is Cc1ccc(-c2[c-]cc(C#N)cc2C#N)nc1.[Ir].[c-]1ccccc1-c1ccc(-c2ccccc2)cn1. The topological polar surface area (TPSA) is 73.4 Å². The van der Waals surface area contributed by atoms with Crippen LogP contribution in [-0.2, 0) is 20.1 Å². The fourth-order valence-corrected chi connectivity index (χ4v) is 3.38. The summed E-state index contributed by atoms with van der Waals surface area (Å²) in [6.07, 6.45) is 3.65. The van der Waals surface area contributed by atoms with Crippen LogP contribution in [0.2, 0.25) is 0 Å². The standard InChI is InChI=1S/C17H12N.C14H8N3.Ir/c1-3-7-14(8-4-1)16-11-12-17(18-13-16)15-9-5-2-6-10-15;1-10-2-5-14(17-9-10)13-4-3-11(7-15)6-12(13)8-16;/h1-9,11-13H;2-3,5-6,9H,1H3;/q2*-1;. The first kappa shape index (κ1) is 26.2. The summed E-state index contributed by atoms with van der Waals surface area (Å²) in [6, 6.07) is 39.3. The molecule has 0 spiro atoms. The molecule has 4 nitrogen and oxygen atoms in total. The normalized spacial score (nSPS) is 9.53. The van der Waals surface area contributed by atoms with Gasteiger partial charge in [0, 0.05) is 44.6 Å². The van der Waals surface area contributed by atoms with Crippen molar-refractivity contribution in [2.24, 2.45) is 0 Å².